The molecule has 41 heavy (non-hydrogen) atoms. The monoisotopic (exact) mass is 550 g/mol. The van der Waals surface area contributed by atoms with E-state index in [1.165, 1.54) is 18.5 Å². The molecule has 2 amide bonds. The van der Waals surface area contributed by atoms with E-state index >= 15 is 0 Å². The molecule has 4 heterocycles. The van der Waals surface area contributed by atoms with E-state index in [-0.39, 0.29) is 18.2 Å². The van der Waals surface area contributed by atoms with Crippen LogP contribution >= 0.6 is 0 Å². The molecule has 6 rings (SSSR count). The van der Waals surface area contributed by atoms with Crippen LogP contribution in [-0.2, 0) is 6.42 Å². The van der Waals surface area contributed by atoms with Crippen LogP contribution in [0, 0.1) is 19.7 Å². The number of amides is 2. The largest absolute Gasteiger partial charge is 0.361 e. The maximum atomic E-state index is 15.0. The van der Waals surface area contributed by atoms with Gasteiger partial charge < -0.3 is 19.8 Å². The Balaban J connectivity index is 1.32. The second-order valence-corrected chi connectivity index (χ2v) is 10.8. The van der Waals surface area contributed by atoms with Crippen LogP contribution in [0.5, 0.6) is 0 Å². The second-order valence-electron chi connectivity index (χ2n) is 10.8. The minimum atomic E-state index is -0.424. The zero-order chi connectivity index (χ0) is 28.8. The normalized spacial score (nSPS) is 13.6. The highest BCUT2D eigenvalue weighted by Gasteiger charge is 2.22. The third-order valence-electron chi connectivity index (χ3n) is 7.93. The van der Waals surface area contributed by atoms with E-state index < -0.39 is 5.82 Å². The molecule has 5 aromatic rings. The van der Waals surface area contributed by atoms with Crippen LogP contribution in [0.1, 0.15) is 39.2 Å². The van der Waals surface area contributed by atoms with Gasteiger partial charge in [-0.15, -0.1) is 0 Å². The lowest BCUT2D eigenvalue weighted by molar-refractivity contribution is 0.0993. The van der Waals surface area contributed by atoms with Crippen LogP contribution in [0.4, 0.5) is 9.18 Å². The van der Waals surface area contributed by atoms with Crippen molar-refractivity contribution < 1.29 is 14.0 Å². The first-order chi connectivity index (χ1) is 19.7. The highest BCUT2D eigenvalue weighted by atomic mass is 19.1. The molecule has 0 bridgehead atoms. The van der Waals surface area contributed by atoms with E-state index in [9.17, 15) is 14.0 Å². The van der Waals surface area contributed by atoms with Crippen LogP contribution in [0.25, 0.3) is 38.8 Å². The molecule has 8 nitrogen and oxygen atoms in total. The molecule has 9 heteroatoms. The molecule has 2 aromatic carbocycles. The van der Waals surface area contributed by atoms with E-state index in [2.05, 4.69) is 19.9 Å². The summed E-state index contributed by atoms with van der Waals surface area (Å²) >= 11 is 0. The summed E-state index contributed by atoms with van der Waals surface area (Å²) in [7, 11) is 3.50. The third kappa shape index (κ3) is 4.88. The molecule has 0 fully saturated rings. The minimum absolute atomic E-state index is 0.0130. The molecule has 1 aliphatic rings. The van der Waals surface area contributed by atoms with Crippen molar-refractivity contribution in [2.75, 3.05) is 27.2 Å². The summed E-state index contributed by atoms with van der Waals surface area (Å²) in [5, 5.41) is 1.85. The number of aromatic nitrogens is 4. The van der Waals surface area contributed by atoms with Gasteiger partial charge in [0.15, 0.2) is 5.78 Å². The van der Waals surface area contributed by atoms with Crippen LogP contribution in [0.3, 0.4) is 0 Å². The average molecular weight is 551 g/mol. The first-order valence-electron chi connectivity index (χ1n) is 13.6. The van der Waals surface area contributed by atoms with Crippen molar-refractivity contribution in [1.82, 2.24) is 29.7 Å². The Morgan fingerprint density at radius 1 is 1.07 bits per heavy atom. The Morgan fingerprint density at radius 2 is 1.90 bits per heavy atom. The first-order valence-corrected chi connectivity index (χ1v) is 13.6. The zero-order valence-electron chi connectivity index (χ0n) is 23.5. The van der Waals surface area contributed by atoms with Gasteiger partial charge >= 0.3 is 6.03 Å². The third-order valence-corrected chi connectivity index (χ3v) is 7.93. The fourth-order valence-electron chi connectivity index (χ4n) is 5.58. The number of nitrogens with zero attached hydrogens (tertiary/aromatic N) is 4. The number of benzene rings is 2. The number of ketones is 1. The predicted molar refractivity (Wildman–Crippen MR) is 158 cm³/mol. The lowest BCUT2D eigenvalue weighted by Gasteiger charge is -2.28. The van der Waals surface area contributed by atoms with Crippen LogP contribution in [-0.4, -0.2) is 68.7 Å². The van der Waals surface area contributed by atoms with Crippen molar-refractivity contribution in [1.29, 1.82) is 0 Å². The highest BCUT2D eigenvalue weighted by molar-refractivity contribution is 6.01. The summed E-state index contributed by atoms with van der Waals surface area (Å²) in [6.07, 6.45) is 6.21. The average Bonchev–Trinajstić information content (AvgIpc) is 3.57. The van der Waals surface area contributed by atoms with E-state index in [1.807, 2.05) is 50.4 Å². The number of rotatable bonds is 5. The van der Waals surface area contributed by atoms with E-state index in [4.69, 9.17) is 0 Å². The molecule has 0 radical (unpaired) electrons. The van der Waals surface area contributed by atoms with Gasteiger partial charge in [-0.1, -0.05) is 18.2 Å². The topological polar surface area (TPSA) is 98.0 Å². The number of nitrogens with one attached hydrogen (secondary N) is 2. The number of halogens is 1. The minimum Gasteiger partial charge on any atom is -0.361 e. The number of carbonyl (C=O) groups is 2. The number of hydrogen-bond acceptors (Lipinski definition) is 4. The molecule has 0 aliphatic carbocycles. The SMILES string of the molecule is Cc1c(CC(=O)c2ccc3c(C)c[nH]c3c2)cc(F)cc1-c1ncnc2[nH]c(C3=CCN(C(=O)N(C)C)CC3)cc12. The molecule has 1 aliphatic heterocycles. The van der Waals surface area contributed by atoms with Crippen molar-refractivity contribution >= 4 is 39.3 Å². The summed E-state index contributed by atoms with van der Waals surface area (Å²) in [4.78, 5) is 44.5. The summed E-state index contributed by atoms with van der Waals surface area (Å²) < 4.78 is 15.0. The molecule has 0 atom stereocenters. The standard InChI is InChI=1S/C32H31FN6O2/c1-18-16-34-28-12-21(5-6-24(18)28)29(40)13-22-11-23(33)14-25(19(22)2)30-26-15-27(37-31(26)36-17-35-30)20-7-9-39(10-8-20)32(41)38(3)4/h5-7,11-12,14-17,34H,8-10,13H2,1-4H3,(H,35,36,37). The molecule has 0 saturated heterocycles. The van der Waals surface area contributed by atoms with E-state index in [1.54, 1.807) is 23.9 Å². The maximum Gasteiger partial charge on any atom is 0.319 e. The van der Waals surface area contributed by atoms with Gasteiger partial charge in [-0.3, -0.25) is 4.79 Å². The fraction of sp³-hybridized carbons (Fsp3) is 0.250. The lowest BCUT2D eigenvalue weighted by Crippen LogP contribution is -2.41. The Hall–Kier alpha value is -4.79. The smallest absolute Gasteiger partial charge is 0.319 e. The van der Waals surface area contributed by atoms with Gasteiger partial charge in [0.05, 0.1) is 5.69 Å². The highest BCUT2D eigenvalue weighted by Crippen LogP contribution is 2.34. The predicted octanol–water partition coefficient (Wildman–Crippen LogP) is 6.06. The first kappa shape index (κ1) is 26.4. The van der Waals surface area contributed by atoms with Crippen LogP contribution in [0.15, 0.2) is 55.0 Å². The molecule has 2 N–H and O–H groups in total. The number of aryl methyl sites for hydroxylation is 1. The van der Waals surface area contributed by atoms with Crippen molar-refractivity contribution in [2.45, 2.75) is 26.7 Å². The van der Waals surface area contributed by atoms with Crippen molar-refractivity contribution in [2.24, 2.45) is 0 Å². The molecule has 0 unspecified atom stereocenters. The van der Waals surface area contributed by atoms with Crippen molar-refractivity contribution in [3.63, 3.8) is 0 Å². The number of Topliss-reactive ketones (excluding diaryl/α,β-unsaturated/α-hetero) is 1. The molecular formula is C32H31FN6O2. The van der Waals surface area contributed by atoms with Crippen molar-refractivity contribution in [3.05, 3.63) is 88.8 Å². The molecular weight excluding hydrogens is 519 g/mol. The summed E-state index contributed by atoms with van der Waals surface area (Å²) in [6.45, 7) is 5.06. The quantitative estimate of drug-likeness (QED) is 0.260. The Kier molecular flexibility index (Phi) is 6.65. The number of H-pyrrole nitrogens is 2. The van der Waals surface area contributed by atoms with Gasteiger partial charge in [0.1, 0.15) is 17.8 Å². The molecule has 208 valence electrons. The van der Waals surface area contributed by atoms with Gasteiger partial charge in [-0.25, -0.2) is 19.2 Å². The zero-order valence-corrected chi connectivity index (χ0v) is 23.5. The van der Waals surface area contributed by atoms with Gasteiger partial charge in [0, 0.05) is 72.9 Å². The Labute approximate surface area is 236 Å². The number of aromatic amines is 2. The fourth-order valence-corrected chi connectivity index (χ4v) is 5.58. The van der Waals surface area contributed by atoms with Crippen LogP contribution < -0.4 is 0 Å². The van der Waals surface area contributed by atoms with Gasteiger partial charge in [0.2, 0.25) is 0 Å². The Morgan fingerprint density at radius 3 is 2.66 bits per heavy atom. The van der Waals surface area contributed by atoms with Gasteiger partial charge in [-0.2, -0.15) is 0 Å². The second kappa shape index (κ2) is 10.3. The van der Waals surface area contributed by atoms with Crippen molar-refractivity contribution in [3.8, 4) is 11.3 Å². The Bertz CT molecular complexity index is 1870. The lowest BCUT2D eigenvalue weighted by atomic mass is 9.93. The maximum absolute atomic E-state index is 15.0. The van der Waals surface area contributed by atoms with Crippen LogP contribution in [0.2, 0.25) is 0 Å². The summed E-state index contributed by atoms with van der Waals surface area (Å²) in [5.74, 6) is -0.506. The number of hydrogen-bond donors (Lipinski definition) is 2. The summed E-state index contributed by atoms with van der Waals surface area (Å²) in [5.41, 5.74) is 7.89. The molecule has 3 aromatic heterocycles. The number of urea groups is 1. The van der Waals surface area contributed by atoms with E-state index in [0.29, 0.717) is 47.5 Å². The molecule has 0 spiro atoms. The number of carbonyl (C=O) groups excluding carboxylic acids is 2. The van der Waals surface area contributed by atoms with E-state index in [0.717, 1.165) is 38.7 Å². The molecule has 0 saturated carbocycles. The summed E-state index contributed by atoms with van der Waals surface area (Å²) in [6, 6.07) is 10.5. The number of fused-ring (bicyclic) bond motifs is 2. The van der Waals surface area contributed by atoms with Gasteiger partial charge in [-0.05, 0) is 66.8 Å². The van der Waals surface area contributed by atoms with Gasteiger partial charge in [0.25, 0.3) is 0 Å².